The predicted molar refractivity (Wildman–Crippen MR) is 189 cm³/mol. The molecule has 0 spiro atoms. The van der Waals surface area contributed by atoms with E-state index >= 15 is 0 Å². The molecule has 14 heteroatoms. The first kappa shape index (κ1) is 33.8. The van der Waals surface area contributed by atoms with E-state index in [4.69, 9.17) is 16.3 Å². The summed E-state index contributed by atoms with van der Waals surface area (Å²) in [4.78, 5) is 48.6. The molecule has 2 aromatic carbocycles. The molecule has 1 saturated heterocycles. The Bertz CT molecular complexity index is 1900. The van der Waals surface area contributed by atoms with Crippen LogP contribution >= 0.6 is 22.9 Å². The summed E-state index contributed by atoms with van der Waals surface area (Å²) in [6, 6.07) is 13.3. The minimum Gasteiger partial charge on any atom is -0.465 e. The van der Waals surface area contributed by atoms with Crippen LogP contribution in [0, 0.1) is 5.92 Å². The van der Waals surface area contributed by atoms with Crippen LogP contribution in [0.15, 0.2) is 60.7 Å². The van der Waals surface area contributed by atoms with Gasteiger partial charge in [-0.3, -0.25) is 19.1 Å². The topological polar surface area (TPSA) is 147 Å². The molecule has 3 aromatic rings. The van der Waals surface area contributed by atoms with E-state index in [9.17, 15) is 22.8 Å². The maximum Gasteiger partial charge on any atom is 0.274 e. The number of thiazole rings is 1. The summed E-state index contributed by atoms with van der Waals surface area (Å²) in [5.74, 6) is -1.88. The first-order chi connectivity index (χ1) is 23.5. The molecule has 5 atom stereocenters. The molecule has 260 valence electrons. The average Bonchev–Trinajstić information content (AvgIpc) is 3.88. The third kappa shape index (κ3) is 7.02. The van der Waals surface area contributed by atoms with Crippen molar-refractivity contribution in [1.29, 1.82) is 0 Å². The van der Waals surface area contributed by atoms with Gasteiger partial charge >= 0.3 is 0 Å². The van der Waals surface area contributed by atoms with Crippen molar-refractivity contribution < 1.29 is 27.5 Å². The number of carbonyl (C=O) groups is 3. The number of benzene rings is 2. The van der Waals surface area contributed by atoms with Gasteiger partial charge in [0.25, 0.3) is 11.1 Å². The summed E-state index contributed by atoms with van der Waals surface area (Å²) in [6.45, 7) is 1.75. The van der Waals surface area contributed by atoms with E-state index in [2.05, 4.69) is 20.3 Å². The zero-order valence-corrected chi connectivity index (χ0v) is 29.6. The van der Waals surface area contributed by atoms with Crippen LogP contribution in [0.2, 0.25) is 5.02 Å². The number of ether oxygens (including phenoxy) is 1. The second-order valence-corrected chi connectivity index (χ2v) is 17.5. The number of nitrogens with zero attached hydrogens (tertiary/aromatic N) is 2. The number of anilines is 1. The Kier molecular flexibility index (Phi) is 9.12. The third-order valence-corrected chi connectivity index (χ3v) is 13.5. The number of hydrogen-bond acceptors (Lipinski definition) is 9. The Labute approximate surface area is 294 Å². The highest BCUT2D eigenvalue weighted by atomic mass is 35.5. The van der Waals surface area contributed by atoms with E-state index in [0.717, 1.165) is 41.6 Å². The van der Waals surface area contributed by atoms with Gasteiger partial charge in [0.2, 0.25) is 21.8 Å². The molecule has 2 saturated carbocycles. The normalized spacial score (nSPS) is 28.4. The number of carbonyl (C=O) groups excluding carboxylic acids is 3. The van der Waals surface area contributed by atoms with Crippen molar-refractivity contribution in [2.24, 2.45) is 5.92 Å². The summed E-state index contributed by atoms with van der Waals surface area (Å²) in [5.41, 5.74) is 0.0899. The molecular weight excluding hydrogens is 686 g/mol. The van der Waals surface area contributed by atoms with Crippen molar-refractivity contribution >= 4 is 66.6 Å². The van der Waals surface area contributed by atoms with Crippen molar-refractivity contribution in [3.8, 4) is 5.19 Å². The van der Waals surface area contributed by atoms with Crippen molar-refractivity contribution in [2.75, 3.05) is 11.9 Å². The van der Waals surface area contributed by atoms with Crippen LogP contribution in [-0.4, -0.2) is 71.0 Å². The van der Waals surface area contributed by atoms with Crippen LogP contribution in [0.3, 0.4) is 0 Å². The Morgan fingerprint density at radius 1 is 1.12 bits per heavy atom. The molecule has 3 heterocycles. The van der Waals surface area contributed by atoms with Crippen molar-refractivity contribution in [3.63, 3.8) is 0 Å². The number of para-hydroxylation sites is 1. The number of aromatic nitrogens is 1. The Morgan fingerprint density at radius 3 is 2.69 bits per heavy atom. The van der Waals surface area contributed by atoms with Crippen molar-refractivity contribution in [1.82, 2.24) is 19.9 Å². The van der Waals surface area contributed by atoms with Gasteiger partial charge in [-0.2, -0.15) is 0 Å². The minimum atomic E-state index is -3.93. The second kappa shape index (κ2) is 13.2. The highest BCUT2D eigenvalue weighted by Crippen LogP contribution is 2.47. The second-order valence-electron chi connectivity index (χ2n) is 13.9. The Hall–Kier alpha value is -3.68. The van der Waals surface area contributed by atoms with Crippen LogP contribution in [0.4, 0.5) is 5.69 Å². The monoisotopic (exact) mass is 725 g/mol. The van der Waals surface area contributed by atoms with Gasteiger partial charge in [-0.15, -0.1) is 0 Å². The van der Waals surface area contributed by atoms with Crippen LogP contribution < -0.4 is 20.1 Å². The number of fused-ring (bicyclic) bond motifs is 3. The first-order valence-corrected chi connectivity index (χ1v) is 19.5. The summed E-state index contributed by atoms with van der Waals surface area (Å²) < 4.78 is 34.6. The van der Waals surface area contributed by atoms with Crippen molar-refractivity contribution in [3.05, 3.63) is 65.7 Å². The maximum absolute atomic E-state index is 14.4. The molecule has 3 N–H and O–H groups in total. The fourth-order valence-electron chi connectivity index (χ4n) is 6.75. The van der Waals surface area contributed by atoms with Crippen LogP contribution in [0.25, 0.3) is 10.2 Å². The Morgan fingerprint density at radius 2 is 1.92 bits per heavy atom. The van der Waals surface area contributed by atoms with E-state index in [1.165, 1.54) is 11.3 Å². The molecule has 49 heavy (non-hydrogen) atoms. The van der Waals surface area contributed by atoms with Gasteiger partial charge in [0, 0.05) is 23.0 Å². The van der Waals surface area contributed by atoms with Gasteiger partial charge in [-0.25, -0.2) is 13.4 Å². The lowest BCUT2D eigenvalue weighted by atomic mass is 10.0. The standard InChI is InChI=1S/C35H40ClN5O6S2/c1-34(16-17-34)49(45,46)40-32(44)35-20-22(35)10-6-3-2-4-9-13-27(37-24-11-7-5-8-12-24)31(43)41-21-25(19-28(41)30(42)39-35)47-33-38-26-15-14-23(36)18-29(26)48-33/h5-8,10-12,14-15,18,22,25,27-28,37H,2-4,9,13,16-17,19-21H2,1H3,(H,39,42)(H,40,44)/t22-,25-,27+,28+,35-/m1/s1. The molecule has 11 nitrogen and oxygen atoms in total. The highest BCUT2D eigenvalue weighted by Gasteiger charge is 2.63. The number of hydrogen-bond donors (Lipinski definition) is 3. The molecule has 0 unspecified atom stereocenters. The van der Waals surface area contributed by atoms with Gasteiger partial charge in [-0.1, -0.05) is 66.1 Å². The predicted octanol–water partition coefficient (Wildman–Crippen LogP) is 5.17. The smallest absolute Gasteiger partial charge is 0.274 e. The number of halogens is 1. The largest absolute Gasteiger partial charge is 0.465 e. The molecule has 0 bridgehead atoms. The molecule has 2 aliphatic heterocycles. The molecule has 3 amide bonds. The van der Waals surface area contributed by atoms with E-state index in [-0.39, 0.29) is 31.2 Å². The number of allylic oxidation sites excluding steroid dienone is 1. The number of amides is 3. The number of nitrogens with one attached hydrogen (secondary N) is 3. The van der Waals surface area contributed by atoms with Crippen LogP contribution in [-0.2, 0) is 24.4 Å². The van der Waals surface area contributed by atoms with E-state index < -0.39 is 50.3 Å². The van der Waals surface area contributed by atoms with Gasteiger partial charge in [0.05, 0.1) is 21.5 Å². The number of sulfonamides is 1. The zero-order valence-electron chi connectivity index (χ0n) is 27.2. The molecule has 4 aliphatic rings. The lowest BCUT2D eigenvalue weighted by Gasteiger charge is -2.30. The quantitative estimate of drug-likeness (QED) is 0.283. The van der Waals surface area contributed by atoms with Crippen molar-refractivity contribution in [2.45, 2.75) is 93.2 Å². The van der Waals surface area contributed by atoms with Gasteiger partial charge in [-0.05, 0) is 75.8 Å². The molecule has 0 radical (unpaired) electrons. The summed E-state index contributed by atoms with van der Waals surface area (Å²) in [7, 11) is -3.93. The lowest BCUT2D eigenvalue weighted by Crippen LogP contribution is -2.58. The van der Waals surface area contributed by atoms with Gasteiger partial charge in [0.15, 0.2) is 0 Å². The average molecular weight is 726 g/mol. The summed E-state index contributed by atoms with van der Waals surface area (Å²) >= 11 is 7.52. The third-order valence-electron chi connectivity index (χ3n) is 10.2. The van der Waals surface area contributed by atoms with E-state index in [0.29, 0.717) is 29.5 Å². The fourth-order valence-corrected chi connectivity index (χ4v) is 9.22. The van der Waals surface area contributed by atoms with E-state index in [1.807, 2.05) is 54.6 Å². The summed E-state index contributed by atoms with van der Waals surface area (Å²) in [6.07, 6.45) is 8.66. The van der Waals surface area contributed by atoms with Gasteiger partial charge < -0.3 is 20.3 Å². The fraction of sp³-hybridized carbons (Fsp3) is 0.486. The van der Waals surface area contributed by atoms with E-state index in [1.54, 1.807) is 17.9 Å². The first-order valence-electron chi connectivity index (χ1n) is 16.9. The van der Waals surface area contributed by atoms with Crippen LogP contribution in [0.1, 0.15) is 64.7 Å². The maximum atomic E-state index is 14.4. The Balaban J connectivity index is 1.18. The SMILES string of the molecule is CC1(S(=O)(=O)NC(=O)[C@@]23C[C@H]2C=CCCCCC[C@H](Nc2ccccc2)C(=O)N2C[C@H](Oc4nc5ccc(Cl)cc5s4)C[C@H]2C(=O)N3)CC1. The molecule has 7 rings (SSSR count). The lowest BCUT2D eigenvalue weighted by molar-refractivity contribution is -0.140. The molecule has 1 aromatic heterocycles. The molecular formula is C35H40ClN5O6S2. The molecule has 2 aliphatic carbocycles. The minimum absolute atomic E-state index is 0.135. The zero-order chi connectivity index (χ0) is 34.4. The molecule has 3 fully saturated rings. The van der Waals surface area contributed by atoms with Gasteiger partial charge in [0.1, 0.15) is 23.7 Å². The van der Waals surface area contributed by atoms with Crippen LogP contribution in [0.5, 0.6) is 5.19 Å². The number of rotatable bonds is 7. The summed E-state index contributed by atoms with van der Waals surface area (Å²) in [5, 5.41) is 7.31. The highest BCUT2D eigenvalue weighted by molar-refractivity contribution is 7.91.